The topological polar surface area (TPSA) is 54.7 Å². The first-order chi connectivity index (χ1) is 9.75. The highest BCUT2D eigenvalue weighted by Gasteiger charge is 2.44. The lowest BCUT2D eigenvalue weighted by Crippen LogP contribution is -2.18. The predicted octanol–water partition coefficient (Wildman–Crippen LogP) is 2.82. The normalized spacial score (nSPS) is 20.1. The Kier molecular flexibility index (Phi) is 3.97. The van der Waals surface area contributed by atoms with Gasteiger partial charge < -0.3 is 9.94 Å². The van der Waals surface area contributed by atoms with Gasteiger partial charge in [0.2, 0.25) is 0 Å². The highest BCUT2D eigenvalue weighted by Crippen LogP contribution is 2.40. The van der Waals surface area contributed by atoms with Crippen LogP contribution in [0.1, 0.15) is 16.8 Å². The molecule has 21 heavy (non-hydrogen) atoms. The van der Waals surface area contributed by atoms with Crippen molar-refractivity contribution in [1.82, 2.24) is 4.98 Å². The van der Waals surface area contributed by atoms with E-state index >= 15 is 0 Å². The molecule has 1 heterocycles. The van der Waals surface area contributed by atoms with Gasteiger partial charge in [-0.15, -0.1) is 0 Å². The highest BCUT2D eigenvalue weighted by molar-refractivity contribution is 6.09. The summed E-state index contributed by atoms with van der Waals surface area (Å²) in [6.45, 7) is -1.07. The van der Waals surface area contributed by atoms with E-state index in [-0.39, 0.29) is 11.3 Å². The fourth-order valence-corrected chi connectivity index (χ4v) is 2.05. The van der Waals surface area contributed by atoms with Crippen molar-refractivity contribution >= 4 is 5.71 Å². The van der Waals surface area contributed by atoms with Crippen molar-refractivity contribution in [2.24, 2.45) is 5.16 Å². The molecule has 0 saturated carbocycles. The van der Waals surface area contributed by atoms with Crippen LogP contribution in [0.25, 0.3) is 0 Å². The third-order valence-electron chi connectivity index (χ3n) is 2.82. The number of halogens is 6. The molecule has 0 amide bonds. The number of pyridine rings is 1. The molecule has 1 aliphatic carbocycles. The largest absolute Gasteiger partial charge is 0.486 e. The van der Waals surface area contributed by atoms with E-state index in [1.165, 1.54) is 0 Å². The van der Waals surface area contributed by atoms with Crippen LogP contribution in [0.2, 0.25) is 0 Å². The third kappa shape index (κ3) is 2.88. The van der Waals surface area contributed by atoms with Crippen molar-refractivity contribution in [3.63, 3.8) is 0 Å². The van der Waals surface area contributed by atoms with E-state index in [9.17, 15) is 26.3 Å². The van der Waals surface area contributed by atoms with Crippen LogP contribution < -0.4 is 4.74 Å². The van der Waals surface area contributed by atoms with Gasteiger partial charge in [0.05, 0.1) is 6.20 Å². The Hall–Kier alpha value is -2.00. The molecule has 1 atom stereocenters. The first-order valence-electron chi connectivity index (χ1n) is 5.62. The SMILES string of the molecule is O/N=C1/c2c(C(F)(F)F)ncc(OCC(F)F)c2CC1F. The van der Waals surface area contributed by atoms with Gasteiger partial charge in [0.15, 0.2) is 11.9 Å². The Balaban J connectivity index is 2.54. The molecule has 116 valence electrons. The van der Waals surface area contributed by atoms with Gasteiger partial charge in [0.25, 0.3) is 6.43 Å². The van der Waals surface area contributed by atoms with Gasteiger partial charge in [-0.05, 0) is 0 Å². The first-order valence-corrected chi connectivity index (χ1v) is 5.62. The molecule has 0 aromatic carbocycles. The highest BCUT2D eigenvalue weighted by atomic mass is 19.4. The lowest BCUT2D eigenvalue weighted by Gasteiger charge is -2.14. The minimum Gasteiger partial charge on any atom is -0.486 e. The zero-order valence-electron chi connectivity index (χ0n) is 10.2. The number of aromatic nitrogens is 1. The van der Waals surface area contributed by atoms with Crippen LogP contribution in [0.5, 0.6) is 5.75 Å². The molecule has 1 unspecified atom stereocenters. The van der Waals surface area contributed by atoms with Crippen LogP contribution in [0.4, 0.5) is 26.3 Å². The smallest absolute Gasteiger partial charge is 0.434 e. The number of ether oxygens (including phenoxy) is 1. The summed E-state index contributed by atoms with van der Waals surface area (Å²) in [5, 5.41) is 11.2. The molecule has 1 aromatic heterocycles. The number of hydrogen-bond acceptors (Lipinski definition) is 4. The zero-order valence-corrected chi connectivity index (χ0v) is 10.2. The number of hydrogen-bond donors (Lipinski definition) is 1. The third-order valence-corrected chi connectivity index (χ3v) is 2.82. The molecular formula is C11H8F6N2O2. The van der Waals surface area contributed by atoms with E-state index < -0.39 is 48.8 Å². The van der Waals surface area contributed by atoms with Crippen LogP contribution in [0.3, 0.4) is 0 Å². The molecule has 0 bridgehead atoms. The van der Waals surface area contributed by atoms with Crippen LogP contribution >= 0.6 is 0 Å². The van der Waals surface area contributed by atoms with Crippen molar-refractivity contribution in [2.75, 3.05) is 6.61 Å². The molecular weight excluding hydrogens is 306 g/mol. The maximum absolute atomic E-state index is 13.6. The quantitative estimate of drug-likeness (QED) is 0.530. The van der Waals surface area contributed by atoms with E-state index in [4.69, 9.17) is 5.21 Å². The molecule has 2 rings (SSSR count). The summed E-state index contributed by atoms with van der Waals surface area (Å²) in [7, 11) is 0. The van der Waals surface area contributed by atoms with Crippen LogP contribution in [0.15, 0.2) is 11.4 Å². The molecule has 1 aliphatic rings. The second kappa shape index (κ2) is 5.41. The van der Waals surface area contributed by atoms with Crippen LogP contribution in [0, 0.1) is 0 Å². The Bertz CT molecular complexity index is 573. The van der Waals surface area contributed by atoms with Crippen LogP contribution in [-0.2, 0) is 12.6 Å². The fraction of sp³-hybridized carbons (Fsp3) is 0.455. The molecule has 4 nitrogen and oxygen atoms in total. The lowest BCUT2D eigenvalue weighted by molar-refractivity contribution is -0.141. The maximum atomic E-state index is 13.6. The molecule has 1 N–H and O–H groups in total. The Labute approximate surface area is 114 Å². The van der Waals surface area contributed by atoms with Gasteiger partial charge in [-0.1, -0.05) is 5.16 Å². The molecule has 0 spiro atoms. The first kappa shape index (κ1) is 15.4. The Morgan fingerprint density at radius 2 is 2.10 bits per heavy atom. The number of nitrogens with zero attached hydrogens (tertiary/aromatic N) is 2. The molecule has 0 saturated heterocycles. The van der Waals surface area contributed by atoms with Crippen molar-refractivity contribution in [1.29, 1.82) is 0 Å². The van der Waals surface area contributed by atoms with Crippen molar-refractivity contribution < 1.29 is 36.3 Å². The van der Waals surface area contributed by atoms with Crippen molar-refractivity contribution in [3.8, 4) is 5.75 Å². The molecule has 0 fully saturated rings. The minimum atomic E-state index is -4.91. The second-order valence-electron chi connectivity index (χ2n) is 4.18. The fourth-order valence-electron chi connectivity index (χ4n) is 2.05. The summed E-state index contributed by atoms with van der Waals surface area (Å²) >= 11 is 0. The number of fused-ring (bicyclic) bond motifs is 1. The van der Waals surface area contributed by atoms with Crippen molar-refractivity contribution in [3.05, 3.63) is 23.0 Å². The zero-order chi connectivity index (χ0) is 15.8. The average molecular weight is 314 g/mol. The van der Waals surface area contributed by atoms with Gasteiger partial charge in [-0.25, -0.2) is 18.2 Å². The van der Waals surface area contributed by atoms with E-state index in [0.717, 1.165) is 0 Å². The lowest BCUT2D eigenvalue weighted by atomic mass is 10.1. The summed E-state index contributed by atoms with van der Waals surface area (Å²) in [6, 6.07) is 0. The number of oxime groups is 1. The van der Waals surface area contributed by atoms with Crippen molar-refractivity contribution in [2.45, 2.75) is 25.2 Å². The number of rotatable bonds is 3. The van der Waals surface area contributed by atoms with Gasteiger partial charge in [-0.2, -0.15) is 13.2 Å². The van der Waals surface area contributed by atoms with Crippen LogP contribution in [-0.4, -0.2) is 35.1 Å². The maximum Gasteiger partial charge on any atom is 0.434 e. The standard InChI is InChI=1S/C11H8F6N2O2/c12-5-1-4-6(21-3-7(13)14)2-18-10(11(15,16)17)8(4)9(5)19-20/h2,5,7,20H,1,3H2/b19-9+. The summed E-state index contributed by atoms with van der Waals surface area (Å²) in [5.41, 5.74) is -3.34. The minimum absolute atomic E-state index is 0.293. The summed E-state index contributed by atoms with van der Waals surface area (Å²) < 4.78 is 81.0. The van der Waals surface area contributed by atoms with E-state index in [1.54, 1.807) is 0 Å². The van der Waals surface area contributed by atoms with Gasteiger partial charge >= 0.3 is 6.18 Å². The Morgan fingerprint density at radius 3 is 2.62 bits per heavy atom. The van der Waals surface area contributed by atoms with Gasteiger partial charge in [0.1, 0.15) is 18.1 Å². The Morgan fingerprint density at radius 1 is 1.43 bits per heavy atom. The van der Waals surface area contributed by atoms with Gasteiger partial charge in [0, 0.05) is 17.5 Å². The van der Waals surface area contributed by atoms with E-state index in [1.807, 2.05) is 0 Å². The molecule has 1 aromatic rings. The summed E-state index contributed by atoms with van der Waals surface area (Å²) in [5.74, 6) is -0.389. The predicted molar refractivity (Wildman–Crippen MR) is 57.7 cm³/mol. The summed E-state index contributed by atoms with van der Waals surface area (Å²) in [6.07, 6.45) is -9.72. The number of alkyl halides is 6. The molecule has 0 radical (unpaired) electrons. The molecule has 10 heteroatoms. The summed E-state index contributed by atoms with van der Waals surface area (Å²) in [4.78, 5) is 3.08. The monoisotopic (exact) mass is 314 g/mol. The molecule has 0 aliphatic heterocycles. The average Bonchev–Trinajstić information content (AvgIpc) is 2.70. The van der Waals surface area contributed by atoms with E-state index in [2.05, 4.69) is 14.9 Å². The van der Waals surface area contributed by atoms with Gasteiger partial charge in [-0.3, -0.25) is 0 Å². The second-order valence-corrected chi connectivity index (χ2v) is 4.18. The van der Waals surface area contributed by atoms with E-state index in [0.29, 0.717) is 6.20 Å².